The van der Waals surface area contributed by atoms with Crippen LogP contribution < -0.4 is 0 Å². The Morgan fingerprint density at radius 3 is 2.69 bits per heavy atom. The van der Waals surface area contributed by atoms with Crippen LogP contribution >= 0.6 is 23.5 Å². The second-order valence-corrected chi connectivity index (χ2v) is 3.16. The smallest absolute Gasteiger partial charge is 0.210 e. The first-order valence-corrected chi connectivity index (χ1v) is 4.19. The van der Waals surface area contributed by atoms with E-state index in [0.29, 0.717) is 11.9 Å². The molecule has 2 nitrogen and oxygen atoms in total. The van der Waals surface area contributed by atoms with Crippen molar-refractivity contribution in [1.82, 2.24) is 0 Å². The normalized spacial score (nSPS) is 9.46. The van der Waals surface area contributed by atoms with Crippen molar-refractivity contribution in [3.63, 3.8) is 0 Å². The summed E-state index contributed by atoms with van der Waals surface area (Å²) >= 11 is 5.79. The first kappa shape index (κ1) is 10.2. The van der Waals surface area contributed by atoms with Crippen molar-refractivity contribution < 1.29 is 13.6 Å². The fourth-order valence-electron chi connectivity index (χ4n) is 0.646. The molecule has 0 saturated heterocycles. The Morgan fingerprint density at radius 1 is 1.38 bits per heavy atom. The van der Waals surface area contributed by atoms with Crippen molar-refractivity contribution in [1.29, 1.82) is 0 Å². The van der Waals surface area contributed by atoms with Crippen molar-refractivity contribution in [2.75, 3.05) is 0 Å². The Hall–Kier alpha value is -0.900. The molecule has 68 valence electrons. The van der Waals surface area contributed by atoms with Crippen LogP contribution in [0.1, 0.15) is 0 Å². The van der Waals surface area contributed by atoms with Crippen LogP contribution in [0.25, 0.3) is 0 Å². The van der Waals surface area contributed by atoms with Crippen LogP contribution in [0.3, 0.4) is 0 Å². The van der Waals surface area contributed by atoms with Crippen LogP contribution in [0, 0.1) is 11.6 Å². The summed E-state index contributed by atoms with van der Waals surface area (Å²) in [4.78, 5) is 9.58. The quantitative estimate of drug-likeness (QED) is 0.333. The second-order valence-electron chi connectivity index (χ2n) is 1.95. The monoisotopic (exact) mass is 221 g/mol. The third-order valence-electron chi connectivity index (χ3n) is 1.18. The zero-order chi connectivity index (χ0) is 9.84. The lowest BCUT2D eigenvalue weighted by Crippen LogP contribution is -1.87. The third kappa shape index (κ3) is 2.28. The van der Waals surface area contributed by atoms with Gasteiger partial charge in [-0.2, -0.15) is 0 Å². The summed E-state index contributed by atoms with van der Waals surface area (Å²) in [6.07, 6.45) is 1.19. The van der Waals surface area contributed by atoms with Gasteiger partial charge >= 0.3 is 0 Å². The number of isocyanates is 1. The second kappa shape index (κ2) is 4.37. The lowest BCUT2D eigenvalue weighted by Gasteiger charge is -1.99. The lowest BCUT2D eigenvalue weighted by atomic mass is 10.3. The number of hydrogen-bond donors (Lipinski definition) is 0. The summed E-state index contributed by atoms with van der Waals surface area (Å²) < 4.78 is 28.7. The molecule has 0 aliphatic carbocycles. The highest BCUT2D eigenvalue weighted by atomic mass is 35.5. The van der Waals surface area contributed by atoms with Crippen LogP contribution in [0.5, 0.6) is 0 Å². The van der Waals surface area contributed by atoms with Crippen LogP contribution in [-0.4, -0.2) is 6.08 Å². The zero-order valence-corrected chi connectivity index (χ0v) is 7.62. The van der Waals surface area contributed by atoms with Gasteiger partial charge in [0.05, 0.1) is 9.92 Å². The van der Waals surface area contributed by atoms with Gasteiger partial charge in [-0.3, -0.25) is 0 Å². The number of hydrogen-bond acceptors (Lipinski definition) is 3. The van der Waals surface area contributed by atoms with Gasteiger partial charge in [0, 0.05) is 11.9 Å². The van der Waals surface area contributed by atoms with E-state index in [4.69, 9.17) is 11.6 Å². The van der Waals surface area contributed by atoms with E-state index >= 15 is 0 Å². The SMILES string of the molecule is O=C=NSc1ccc(Cl)c(F)c1F. The van der Waals surface area contributed by atoms with E-state index in [9.17, 15) is 13.6 Å². The van der Waals surface area contributed by atoms with Crippen LogP contribution in [-0.2, 0) is 4.79 Å². The van der Waals surface area contributed by atoms with Crippen molar-refractivity contribution in [3.8, 4) is 0 Å². The maximum atomic E-state index is 12.9. The van der Waals surface area contributed by atoms with Gasteiger partial charge in [0.25, 0.3) is 0 Å². The summed E-state index contributed by atoms with van der Waals surface area (Å²) in [5.74, 6) is -2.26. The highest BCUT2D eigenvalue weighted by molar-refractivity contribution is 7.98. The predicted octanol–water partition coefficient (Wildman–Crippen LogP) is 2.96. The van der Waals surface area contributed by atoms with Gasteiger partial charge in [0.2, 0.25) is 6.08 Å². The summed E-state index contributed by atoms with van der Waals surface area (Å²) in [7, 11) is 0. The number of halogens is 3. The standard InChI is InChI=1S/C7H2ClF2NOS/c8-4-1-2-5(13-11-3-12)7(10)6(4)9/h1-2H. The van der Waals surface area contributed by atoms with Crippen LogP contribution in [0.4, 0.5) is 8.78 Å². The Bertz CT molecular complexity index is 379. The van der Waals surface area contributed by atoms with Crippen molar-refractivity contribution in [2.24, 2.45) is 4.40 Å². The molecule has 13 heavy (non-hydrogen) atoms. The van der Waals surface area contributed by atoms with Crippen molar-refractivity contribution >= 4 is 29.6 Å². The maximum Gasteiger partial charge on any atom is 0.247 e. The average Bonchev–Trinajstić information content (AvgIpc) is 2.13. The summed E-state index contributed by atoms with van der Waals surface area (Å²) in [5.41, 5.74) is 0. The van der Waals surface area contributed by atoms with Crippen molar-refractivity contribution in [2.45, 2.75) is 4.90 Å². The topological polar surface area (TPSA) is 29.4 Å². The minimum absolute atomic E-state index is 0.106. The van der Waals surface area contributed by atoms with E-state index in [2.05, 4.69) is 4.40 Å². The first-order chi connectivity index (χ1) is 6.16. The highest BCUT2D eigenvalue weighted by Gasteiger charge is 2.11. The molecule has 0 saturated carbocycles. The number of rotatable bonds is 2. The minimum Gasteiger partial charge on any atom is -0.210 e. The molecule has 0 heterocycles. The average molecular weight is 222 g/mol. The number of carbonyl (C=O) groups excluding carboxylic acids is 1. The van der Waals surface area contributed by atoms with E-state index < -0.39 is 11.6 Å². The molecule has 0 radical (unpaired) electrons. The molecular formula is C7H2ClF2NOS. The molecular weight excluding hydrogens is 220 g/mol. The Morgan fingerprint density at radius 2 is 2.08 bits per heavy atom. The lowest BCUT2D eigenvalue weighted by molar-refractivity contribution is 0.492. The van der Waals surface area contributed by atoms with E-state index in [1.165, 1.54) is 18.2 Å². The van der Waals surface area contributed by atoms with Crippen molar-refractivity contribution in [3.05, 3.63) is 28.8 Å². The third-order valence-corrected chi connectivity index (χ3v) is 2.15. The molecule has 1 aromatic carbocycles. The number of benzene rings is 1. The molecule has 0 aliphatic rings. The van der Waals surface area contributed by atoms with Gasteiger partial charge in [0.1, 0.15) is 0 Å². The predicted molar refractivity (Wildman–Crippen MR) is 45.3 cm³/mol. The Balaban J connectivity index is 3.10. The summed E-state index contributed by atoms with van der Waals surface area (Å²) in [5, 5.41) is -0.308. The molecule has 0 amide bonds. The van der Waals surface area contributed by atoms with Crippen LogP contribution in [0.2, 0.25) is 5.02 Å². The van der Waals surface area contributed by atoms with E-state index in [1.807, 2.05) is 0 Å². The van der Waals surface area contributed by atoms with Gasteiger partial charge < -0.3 is 0 Å². The van der Waals surface area contributed by atoms with Gasteiger partial charge in [-0.1, -0.05) is 11.6 Å². The fraction of sp³-hybridized carbons (Fsp3) is 0. The fourth-order valence-corrected chi connectivity index (χ4v) is 1.23. The molecule has 0 atom stereocenters. The minimum atomic E-state index is -1.15. The Kier molecular flexibility index (Phi) is 3.42. The molecule has 0 spiro atoms. The molecule has 1 rings (SSSR count). The number of nitrogens with zero attached hydrogens (tertiary/aromatic N) is 1. The molecule has 1 aromatic rings. The molecule has 6 heteroatoms. The van der Waals surface area contributed by atoms with E-state index in [1.54, 1.807) is 0 Å². The first-order valence-electron chi connectivity index (χ1n) is 3.04. The summed E-state index contributed by atoms with van der Waals surface area (Å²) in [6, 6.07) is 2.41. The van der Waals surface area contributed by atoms with Crippen LogP contribution in [0.15, 0.2) is 21.4 Å². The van der Waals surface area contributed by atoms with Gasteiger partial charge in [-0.25, -0.2) is 13.6 Å². The zero-order valence-electron chi connectivity index (χ0n) is 6.05. The van der Waals surface area contributed by atoms with E-state index in [-0.39, 0.29) is 9.92 Å². The maximum absolute atomic E-state index is 12.9. The Labute approximate surface area is 81.7 Å². The molecule has 0 aliphatic heterocycles. The highest BCUT2D eigenvalue weighted by Crippen LogP contribution is 2.27. The molecule has 0 fully saturated rings. The van der Waals surface area contributed by atoms with E-state index in [0.717, 1.165) is 0 Å². The van der Waals surface area contributed by atoms with Gasteiger partial charge in [-0.15, -0.1) is 4.40 Å². The summed E-state index contributed by atoms with van der Waals surface area (Å²) in [6.45, 7) is 0. The molecule has 0 N–H and O–H groups in total. The molecule has 0 bridgehead atoms. The molecule has 0 unspecified atom stereocenters. The van der Waals surface area contributed by atoms with Gasteiger partial charge in [0.15, 0.2) is 11.6 Å². The van der Waals surface area contributed by atoms with Gasteiger partial charge in [-0.05, 0) is 12.1 Å². The largest absolute Gasteiger partial charge is 0.247 e. The molecule has 0 aromatic heterocycles.